The number of carbonyl (C=O) groups excluding carboxylic acids is 1. The van der Waals surface area contributed by atoms with Crippen LogP contribution in [0.4, 0.5) is 18.0 Å². The van der Waals surface area contributed by atoms with E-state index in [9.17, 15) is 23.1 Å². The monoisotopic (exact) mass is 451 g/mol. The maximum Gasteiger partial charge on any atom is 0.419 e. The topological polar surface area (TPSA) is 58.6 Å². The molecule has 0 atom stereocenters. The molecule has 1 aliphatic rings. The lowest BCUT2D eigenvalue weighted by Gasteiger charge is -2.14. The number of rotatable bonds is 4. The molecule has 33 heavy (non-hydrogen) atoms. The van der Waals surface area contributed by atoms with Crippen molar-refractivity contribution in [1.29, 1.82) is 0 Å². The number of phenols is 1. The number of carbonyl (C=O) groups is 1. The average molecular weight is 451 g/mol. The number of hydrogen-bond acceptors (Lipinski definition) is 3. The van der Waals surface area contributed by atoms with Gasteiger partial charge in [-0.3, -0.25) is 0 Å². The Labute approximate surface area is 189 Å². The molecule has 3 aromatic carbocycles. The average Bonchev–Trinajstić information content (AvgIpc) is 3.11. The number of alkyl carbamates (subject to hydrolysis) is 1. The van der Waals surface area contributed by atoms with Crippen molar-refractivity contribution in [2.24, 2.45) is 0 Å². The van der Waals surface area contributed by atoms with Crippen molar-refractivity contribution in [2.45, 2.75) is 18.5 Å². The highest BCUT2D eigenvalue weighted by atomic mass is 19.4. The molecule has 0 spiro atoms. The highest BCUT2D eigenvalue weighted by Gasteiger charge is 2.34. The standard InChI is InChI=1S/C26H20F3NO3/c27-26(28,29)23-15-17(12-13-24(23)31)7-5-6-14-30-25(32)33-16-22-20-10-3-1-8-18(20)19-9-2-4-11-21(19)22/h1-4,8-13,15,22,31H,6,14,16H2,(H,30,32). The zero-order valence-corrected chi connectivity index (χ0v) is 17.4. The van der Waals surface area contributed by atoms with E-state index in [1.165, 1.54) is 6.07 Å². The Kier molecular flexibility index (Phi) is 6.27. The smallest absolute Gasteiger partial charge is 0.419 e. The van der Waals surface area contributed by atoms with E-state index in [-0.39, 0.29) is 31.1 Å². The summed E-state index contributed by atoms with van der Waals surface area (Å²) in [5.74, 6) is 4.43. The van der Waals surface area contributed by atoms with Crippen LogP contribution in [0.2, 0.25) is 0 Å². The minimum atomic E-state index is -4.66. The Morgan fingerprint density at radius 2 is 1.64 bits per heavy atom. The highest BCUT2D eigenvalue weighted by molar-refractivity contribution is 5.79. The number of alkyl halides is 3. The van der Waals surface area contributed by atoms with E-state index in [1.54, 1.807) is 0 Å². The summed E-state index contributed by atoms with van der Waals surface area (Å²) in [6.45, 7) is 0.382. The third-order valence-electron chi connectivity index (χ3n) is 5.40. The zero-order chi connectivity index (χ0) is 23.4. The van der Waals surface area contributed by atoms with E-state index in [0.717, 1.165) is 34.4 Å². The van der Waals surface area contributed by atoms with E-state index in [1.807, 2.05) is 36.4 Å². The van der Waals surface area contributed by atoms with Crippen LogP contribution in [0.25, 0.3) is 11.1 Å². The molecule has 0 saturated heterocycles. The molecule has 3 aromatic rings. The fourth-order valence-electron chi connectivity index (χ4n) is 3.88. The SMILES string of the molecule is O=C(NCCC#Cc1ccc(O)c(C(F)(F)F)c1)OCC1c2ccccc2-c2ccccc21. The van der Waals surface area contributed by atoms with E-state index in [2.05, 4.69) is 29.3 Å². The van der Waals surface area contributed by atoms with Crippen LogP contribution in [-0.2, 0) is 10.9 Å². The Hall–Kier alpha value is -3.92. The first-order valence-corrected chi connectivity index (χ1v) is 10.3. The van der Waals surface area contributed by atoms with Crippen LogP contribution < -0.4 is 5.32 Å². The van der Waals surface area contributed by atoms with Crippen LogP contribution in [0.5, 0.6) is 5.75 Å². The van der Waals surface area contributed by atoms with Gasteiger partial charge in [0.2, 0.25) is 0 Å². The quantitative estimate of drug-likeness (QED) is 0.396. The molecule has 0 saturated carbocycles. The molecule has 168 valence electrons. The largest absolute Gasteiger partial charge is 0.507 e. The first-order chi connectivity index (χ1) is 15.8. The molecular formula is C26H20F3NO3. The maximum atomic E-state index is 12.8. The minimum Gasteiger partial charge on any atom is -0.507 e. The Bertz CT molecular complexity index is 1200. The lowest BCUT2D eigenvalue weighted by atomic mass is 9.98. The van der Waals surface area contributed by atoms with Crippen molar-refractivity contribution in [3.8, 4) is 28.7 Å². The van der Waals surface area contributed by atoms with Gasteiger partial charge >= 0.3 is 12.3 Å². The fraction of sp³-hybridized carbons (Fsp3) is 0.192. The van der Waals surface area contributed by atoms with Crippen molar-refractivity contribution in [1.82, 2.24) is 5.32 Å². The van der Waals surface area contributed by atoms with Crippen molar-refractivity contribution in [2.75, 3.05) is 13.2 Å². The number of fused-ring (bicyclic) bond motifs is 3. The van der Waals surface area contributed by atoms with Crippen molar-refractivity contribution < 1.29 is 27.8 Å². The second kappa shape index (κ2) is 9.29. The highest BCUT2D eigenvalue weighted by Crippen LogP contribution is 2.44. The van der Waals surface area contributed by atoms with Crippen LogP contribution in [0, 0.1) is 11.8 Å². The third-order valence-corrected chi connectivity index (χ3v) is 5.40. The molecule has 0 unspecified atom stereocenters. The lowest BCUT2D eigenvalue weighted by molar-refractivity contribution is -0.138. The van der Waals surface area contributed by atoms with Crippen LogP contribution >= 0.6 is 0 Å². The van der Waals surface area contributed by atoms with Gasteiger partial charge in [0.1, 0.15) is 12.4 Å². The predicted molar refractivity (Wildman–Crippen MR) is 118 cm³/mol. The molecule has 0 bridgehead atoms. The number of benzene rings is 3. The van der Waals surface area contributed by atoms with Crippen LogP contribution in [-0.4, -0.2) is 24.4 Å². The molecule has 0 radical (unpaired) electrons. The number of ether oxygens (including phenoxy) is 1. The summed E-state index contributed by atoms with van der Waals surface area (Å²) in [5, 5.41) is 12.0. The minimum absolute atomic E-state index is 0.0414. The van der Waals surface area contributed by atoms with Gasteiger partial charge in [-0.15, -0.1) is 0 Å². The van der Waals surface area contributed by atoms with E-state index in [4.69, 9.17) is 4.74 Å². The second-order valence-corrected chi connectivity index (χ2v) is 7.53. The van der Waals surface area contributed by atoms with Gasteiger partial charge < -0.3 is 15.2 Å². The van der Waals surface area contributed by atoms with E-state index in [0.29, 0.717) is 0 Å². The third kappa shape index (κ3) is 4.96. The molecule has 0 aromatic heterocycles. The summed E-state index contributed by atoms with van der Waals surface area (Å²) in [4.78, 5) is 12.1. The van der Waals surface area contributed by atoms with Gasteiger partial charge in [0, 0.05) is 24.4 Å². The first-order valence-electron chi connectivity index (χ1n) is 10.3. The van der Waals surface area contributed by atoms with Crippen LogP contribution in [0.1, 0.15) is 34.6 Å². The second-order valence-electron chi connectivity index (χ2n) is 7.53. The number of amides is 1. The molecular weight excluding hydrogens is 431 g/mol. The van der Waals surface area contributed by atoms with Crippen LogP contribution in [0.15, 0.2) is 66.7 Å². The lowest BCUT2D eigenvalue weighted by Crippen LogP contribution is -2.26. The first kappa shape index (κ1) is 22.3. The van der Waals surface area contributed by atoms with Gasteiger partial charge in [0.25, 0.3) is 0 Å². The molecule has 2 N–H and O–H groups in total. The summed E-state index contributed by atoms with van der Waals surface area (Å²) in [6, 6.07) is 19.1. The van der Waals surface area contributed by atoms with Gasteiger partial charge in [0.15, 0.2) is 0 Å². The Balaban J connectivity index is 1.29. The molecule has 1 amide bonds. The fourth-order valence-corrected chi connectivity index (χ4v) is 3.88. The molecule has 0 fully saturated rings. The van der Waals surface area contributed by atoms with Crippen LogP contribution in [0.3, 0.4) is 0 Å². The number of phenolic OH excluding ortho intramolecular Hbond substituents is 1. The van der Waals surface area contributed by atoms with Gasteiger partial charge in [-0.05, 0) is 40.5 Å². The van der Waals surface area contributed by atoms with Gasteiger partial charge in [-0.25, -0.2) is 4.79 Å². The van der Waals surface area contributed by atoms with E-state index >= 15 is 0 Å². The molecule has 4 rings (SSSR count). The van der Waals surface area contributed by atoms with Gasteiger partial charge in [0.05, 0.1) is 5.56 Å². The Morgan fingerprint density at radius 1 is 1.00 bits per heavy atom. The Morgan fingerprint density at radius 3 is 2.27 bits per heavy atom. The van der Waals surface area contributed by atoms with Crippen molar-refractivity contribution in [3.05, 3.63) is 89.0 Å². The van der Waals surface area contributed by atoms with Crippen molar-refractivity contribution >= 4 is 6.09 Å². The maximum absolute atomic E-state index is 12.8. The normalized spacial score (nSPS) is 12.3. The van der Waals surface area contributed by atoms with E-state index < -0.39 is 23.6 Å². The number of nitrogens with one attached hydrogen (secondary N) is 1. The number of hydrogen-bond donors (Lipinski definition) is 2. The molecule has 7 heteroatoms. The number of aromatic hydroxyl groups is 1. The summed E-state index contributed by atoms with van der Waals surface area (Å²) < 4.78 is 43.9. The molecule has 0 aliphatic heterocycles. The molecule has 1 aliphatic carbocycles. The summed E-state index contributed by atoms with van der Waals surface area (Å²) >= 11 is 0. The zero-order valence-electron chi connectivity index (χ0n) is 17.4. The van der Waals surface area contributed by atoms with Gasteiger partial charge in [-0.2, -0.15) is 13.2 Å². The predicted octanol–water partition coefficient (Wildman–Crippen LogP) is 5.69. The summed E-state index contributed by atoms with van der Waals surface area (Å²) in [5.41, 5.74) is 3.50. The summed E-state index contributed by atoms with van der Waals surface area (Å²) in [6.07, 6.45) is -5.01. The number of halogens is 3. The molecule has 0 heterocycles. The summed E-state index contributed by atoms with van der Waals surface area (Å²) in [7, 11) is 0. The van der Waals surface area contributed by atoms with Gasteiger partial charge in [-0.1, -0.05) is 60.4 Å². The van der Waals surface area contributed by atoms with Crippen molar-refractivity contribution in [3.63, 3.8) is 0 Å². The molecule has 4 nitrogen and oxygen atoms in total.